The molecule has 0 spiro atoms. The van der Waals surface area contributed by atoms with Crippen molar-refractivity contribution in [3.8, 4) is 0 Å². The summed E-state index contributed by atoms with van der Waals surface area (Å²) in [5, 5.41) is 2.73. The monoisotopic (exact) mass is 274 g/mol. The van der Waals surface area contributed by atoms with Crippen LogP contribution in [0.1, 0.15) is 33.1 Å². The molecule has 0 radical (unpaired) electrons. The molecule has 0 aromatic rings. The largest absolute Gasteiger partial charge is 0.343 e. The summed E-state index contributed by atoms with van der Waals surface area (Å²) in [6.07, 6.45) is 3.85. The number of nitrogens with zero attached hydrogens (tertiary/aromatic N) is 1. The van der Waals surface area contributed by atoms with Crippen LogP contribution in [0.3, 0.4) is 0 Å². The first kappa shape index (κ1) is 15.1. The summed E-state index contributed by atoms with van der Waals surface area (Å²) < 4.78 is 11.1. The lowest BCUT2D eigenvalue weighted by Gasteiger charge is -2.36. The zero-order chi connectivity index (χ0) is 13.7. The van der Waals surface area contributed by atoms with E-state index < -0.39 is 10.8 Å². The van der Waals surface area contributed by atoms with Crippen molar-refractivity contribution in [3.63, 3.8) is 0 Å². The molecular formula is C12H22N2O3S. The van der Waals surface area contributed by atoms with Gasteiger partial charge in [-0.3, -0.25) is 13.8 Å². The van der Waals surface area contributed by atoms with Crippen molar-refractivity contribution >= 4 is 22.6 Å². The van der Waals surface area contributed by atoms with Crippen molar-refractivity contribution in [2.45, 2.75) is 45.2 Å². The van der Waals surface area contributed by atoms with Crippen LogP contribution in [0.25, 0.3) is 0 Å². The first-order valence-corrected chi connectivity index (χ1v) is 8.08. The fraction of sp³-hybridized carbons (Fsp3) is 0.833. The van der Waals surface area contributed by atoms with Crippen LogP contribution in [0.4, 0.5) is 0 Å². The summed E-state index contributed by atoms with van der Waals surface area (Å²) in [6.45, 7) is 4.02. The Balaban J connectivity index is 2.64. The van der Waals surface area contributed by atoms with Gasteiger partial charge in [0.05, 0.1) is 6.54 Å². The van der Waals surface area contributed by atoms with Gasteiger partial charge in [0.2, 0.25) is 11.8 Å². The number of amides is 2. The highest BCUT2D eigenvalue weighted by Crippen LogP contribution is 2.13. The Labute approximate surface area is 111 Å². The van der Waals surface area contributed by atoms with Crippen LogP contribution in [-0.4, -0.2) is 51.6 Å². The van der Waals surface area contributed by atoms with Crippen LogP contribution in [0, 0.1) is 0 Å². The minimum absolute atomic E-state index is 0.00849. The van der Waals surface area contributed by atoms with E-state index in [0.717, 1.165) is 6.42 Å². The van der Waals surface area contributed by atoms with E-state index in [4.69, 9.17) is 0 Å². The standard InChI is InChI=1S/C12H22N2O3S/c1-4-5-10-12(16)14(8-11(15)13-10)9(2)6-7-18(3)17/h9-10H,4-8H2,1-3H3,(H,13,15). The number of hydrogen-bond donors (Lipinski definition) is 1. The smallest absolute Gasteiger partial charge is 0.245 e. The highest BCUT2D eigenvalue weighted by Gasteiger charge is 2.34. The van der Waals surface area contributed by atoms with Gasteiger partial charge in [-0.2, -0.15) is 0 Å². The molecule has 1 aliphatic rings. The Hall–Kier alpha value is -0.910. The van der Waals surface area contributed by atoms with Crippen LogP contribution in [0.15, 0.2) is 0 Å². The van der Waals surface area contributed by atoms with Gasteiger partial charge in [-0.25, -0.2) is 0 Å². The zero-order valence-corrected chi connectivity index (χ0v) is 12.1. The molecular weight excluding hydrogens is 252 g/mol. The van der Waals surface area contributed by atoms with E-state index in [1.807, 2.05) is 13.8 Å². The molecule has 104 valence electrons. The van der Waals surface area contributed by atoms with Crippen molar-refractivity contribution in [2.75, 3.05) is 18.6 Å². The lowest BCUT2D eigenvalue weighted by Crippen LogP contribution is -2.60. The fourth-order valence-electron chi connectivity index (χ4n) is 2.08. The van der Waals surface area contributed by atoms with E-state index in [1.165, 1.54) is 0 Å². The van der Waals surface area contributed by atoms with Crippen LogP contribution in [0.5, 0.6) is 0 Å². The minimum Gasteiger partial charge on any atom is -0.343 e. The van der Waals surface area contributed by atoms with Crippen molar-refractivity contribution in [2.24, 2.45) is 0 Å². The van der Waals surface area contributed by atoms with Gasteiger partial charge >= 0.3 is 0 Å². The SMILES string of the molecule is CCCC1NC(=O)CN(C(C)CCS(C)=O)C1=O. The van der Waals surface area contributed by atoms with Gasteiger partial charge in [-0.05, 0) is 19.8 Å². The van der Waals surface area contributed by atoms with Crippen LogP contribution in [0.2, 0.25) is 0 Å². The molecule has 18 heavy (non-hydrogen) atoms. The zero-order valence-electron chi connectivity index (χ0n) is 11.3. The quantitative estimate of drug-likeness (QED) is 0.756. The van der Waals surface area contributed by atoms with Crippen molar-refractivity contribution < 1.29 is 13.8 Å². The highest BCUT2D eigenvalue weighted by atomic mass is 32.2. The molecule has 6 heteroatoms. The Bertz CT molecular complexity index is 346. The third kappa shape index (κ3) is 4.08. The second kappa shape index (κ2) is 6.87. The average Bonchev–Trinajstić information content (AvgIpc) is 2.30. The van der Waals surface area contributed by atoms with Gasteiger partial charge in [0, 0.05) is 28.9 Å². The van der Waals surface area contributed by atoms with Gasteiger partial charge in [-0.15, -0.1) is 0 Å². The molecule has 1 rings (SSSR count). The summed E-state index contributed by atoms with van der Waals surface area (Å²) >= 11 is 0. The van der Waals surface area contributed by atoms with Gasteiger partial charge in [0.25, 0.3) is 0 Å². The van der Waals surface area contributed by atoms with E-state index in [9.17, 15) is 13.8 Å². The molecule has 3 atom stereocenters. The van der Waals surface area contributed by atoms with Gasteiger partial charge in [0.15, 0.2) is 0 Å². The molecule has 0 bridgehead atoms. The first-order chi connectivity index (χ1) is 8.45. The summed E-state index contributed by atoms with van der Waals surface area (Å²) in [6, 6.07) is -0.419. The van der Waals surface area contributed by atoms with Crippen LogP contribution >= 0.6 is 0 Å². The van der Waals surface area contributed by atoms with E-state index in [1.54, 1.807) is 11.2 Å². The number of hydrogen-bond acceptors (Lipinski definition) is 3. The maximum Gasteiger partial charge on any atom is 0.245 e. The van der Waals surface area contributed by atoms with Crippen molar-refractivity contribution in [1.29, 1.82) is 0 Å². The molecule has 1 aliphatic heterocycles. The van der Waals surface area contributed by atoms with Gasteiger partial charge in [-0.1, -0.05) is 13.3 Å². The summed E-state index contributed by atoms with van der Waals surface area (Å²) in [4.78, 5) is 25.4. The molecule has 1 saturated heterocycles. The topological polar surface area (TPSA) is 66.5 Å². The Morgan fingerprint density at radius 2 is 2.17 bits per heavy atom. The minimum atomic E-state index is -0.861. The second-order valence-electron chi connectivity index (χ2n) is 4.79. The molecule has 0 aromatic heterocycles. The normalized spacial score (nSPS) is 23.7. The first-order valence-electron chi connectivity index (χ1n) is 6.35. The van der Waals surface area contributed by atoms with E-state index in [0.29, 0.717) is 18.6 Å². The molecule has 0 aromatic carbocycles. The second-order valence-corrected chi connectivity index (χ2v) is 6.34. The van der Waals surface area contributed by atoms with E-state index in [-0.39, 0.29) is 30.4 Å². The van der Waals surface area contributed by atoms with Crippen molar-refractivity contribution in [1.82, 2.24) is 10.2 Å². The molecule has 0 saturated carbocycles. The molecule has 1 fully saturated rings. The number of carbonyl (C=O) groups excluding carboxylic acids is 2. The van der Waals surface area contributed by atoms with Crippen LogP contribution in [-0.2, 0) is 20.4 Å². The Kier molecular flexibility index (Phi) is 5.78. The lowest BCUT2D eigenvalue weighted by molar-refractivity contribution is -0.146. The molecule has 3 unspecified atom stereocenters. The number of rotatable bonds is 6. The molecule has 5 nitrogen and oxygen atoms in total. The number of nitrogens with one attached hydrogen (secondary N) is 1. The molecule has 0 aliphatic carbocycles. The lowest BCUT2D eigenvalue weighted by atomic mass is 10.1. The predicted molar refractivity (Wildman–Crippen MR) is 71.6 cm³/mol. The maximum absolute atomic E-state index is 12.2. The summed E-state index contributed by atoms with van der Waals surface area (Å²) in [7, 11) is -0.861. The third-order valence-electron chi connectivity index (χ3n) is 3.16. The van der Waals surface area contributed by atoms with Crippen LogP contribution < -0.4 is 5.32 Å². The highest BCUT2D eigenvalue weighted by molar-refractivity contribution is 7.84. The van der Waals surface area contributed by atoms with Gasteiger partial charge < -0.3 is 10.2 Å². The van der Waals surface area contributed by atoms with Gasteiger partial charge in [0.1, 0.15) is 6.04 Å². The Morgan fingerprint density at radius 3 is 2.72 bits per heavy atom. The molecule has 2 amide bonds. The van der Waals surface area contributed by atoms with E-state index in [2.05, 4.69) is 5.32 Å². The van der Waals surface area contributed by atoms with Crippen molar-refractivity contribution in [3.05, 3.63) is 0 Å². The summed E-state index contributed by atoms with van der Waals surface area (Å²) in [5.41, 5.74) is 0. The third-order valence-corrected chi connectivity index (χ3v) is 3.97. The number of piperazine rings is 1. The van der Waals surface area contributed by atoms with E-state index >= 15 is 0 Å². The average molecular weight is 274 g/mol. The predicted octanol–water partition coefficient (Wildman–Crippen LogP) is 0.271. The molecule has 1 N–H and O–H groups in total. The number of carbonyl (C=O) groups is 2. The maximum atomic E-state index is 12.2. The Morgan fingerprint density at radius 1 is 1.50 bits per heavy atom. The fourth-order valence-corrected chi connectivity index (χ4v) is 2.76. The molecule has 1 heterocycles. The summed E-state index contributed by atoms with van der Waals surface area (Å²) in [5.74, 6) is 0.453.